The normalized spacial score (nSPS) is 22.5. The molecule has 6 heteroatoms. The summed E-state index contributed by atoms with van der Waals surface area (Å²) in [6.07, 6.45) is 2.08. The van der Waals surface area contributed by atoms with Gasteiger partial charge in [0.1, 0.15) is 5.75 Å². The molecule has 2 amide bonds. The number of primary amides is 1. The van der Waals surface area contributed by atoms with Crippen molar-refractivity contribution in [2.75, 3.05) is 6.54 Å². The first-order valence-corrected chi connectivity index (χ1v) is 9.45. The van der Waals surface area contributed by atoms with E-state index in [1.54, 1.807) is 29.2 Å². The number of nitrogens with two attached hydrogens (primary N) is 1. The number of nitrogens with zero attached hydrogens (tertiary/aromatic N) is 1. The Hall–Kier alpha value is -2.60. The number of hydrogen-bond acceptors (Lipinski definition) is 3. The molecule has 2 aromatic rings. The third kappa shape index (κ3) is 3.25. The molecule has 2 unspecified atom stereocenters. The van der Waals surface area contributed by atoms with E-state index in [0.29, 0.717) is 5.56 Å². The van der Waals surface area contributed by atoms with Gasteiger partial charge in [-0.1, -0.05) is 52.3 Å². The molecule has 0 aliphatic carbocycles. The summed E-state index contributed by atoms with van der Waals surface area (Å²) in [6, 6.07) is 13.5. The van der Waals surface area contributed by atoms with Crippen molar-refractivity contribution in [2.24, 2.45) is 5.73 Å². The Balaban J connectivity index is 2.32. The van der Waals surface area contributed by atoms with Gasteiger partial charge in [0.2, 0.25) is 11.8 Å². The lowest BCUT2D eigenvalue weighted by Crippen LogP contribution is -2.57. The van der Waals surface area contributed by atoms with Gasteiger partial charge < -0.3 is 15.7 Å². The minimum absolute atomic E-state index is 0.00789. The SMILES string of the molecule is C=CCN1C(=O)CCC(C(N)=O)(c2ccccc2)C1c1cc(Br)ccc1O. The van der Waals surface area contributed by atoms with Gasteiger partial charge in [0.25, 0.3) is 0 Å². The molecule has 1 aliphatic heterocycles. The van der Waals surface area contributed by atoms with Crippen LogP contribution in [0.2, 0.25) is 0 Å². The van der Waals surface area contributed by atoms with Crippen LogP contribution in [0.5, 0.6) is 5.75 Å². The van der Waals surface area contributed by atoms with Gasteiger partial charge >= 0.3 is 0 Å². The monoisotopic (exact) mass is 428 g/mol. The Morgan fingerprint density at radius 1 is 1.33 bits per heavy atom. The second kappa shape index (κ2) is 7.56. The van der Waals surface area contributed by atoms with Crippen LogP contribution in [0.4, 0.5) is 0 Å². The Morgan fingerprint density at radius 2 is 2.04 bits per heavy atom. The first-order chi connectivity index (χ1) is 12.9. The van der Waals surface area contributed by atoms with Crippen molar-refractivity contribution in [3.05, 3.63) is 76.8 Å². The highest BCUT2D eigenvalue weighted by Crippen LogP contribution is 2.50. The number of likely N-dealkylation sites (tertiary alicyclic amines) is 1. The molecule has 0 bridgehead atoms. The van der Waals surface area contributed by atoms with E-state index >= 15 is 0 Å². The number of aromatic hydroxyl groups is 1. The van der Waals surface area contributed by atoms with Crippen LogP contribution in [0.1, 0.15) is 30.0 Å². The fourth-order valence-corrected chi connectivity index (χ4v) is 4.34. The van der Waals surface area contributed by atoms with Gasteiger partial charge in [-0.15, -0.1) is 6.58 Å². The molecule has 0 saturated carbocycles. The summed E-state index contributed by atoms with van der Waals surface area (Å²) < 4.78 is 0.735. The van der Waals surface area contributed by atoms with Gasteiger partial charge in [0.05, 0.1) is 11.5 Å². The predicted molar refractivity (Wildman–Crippen MR) is 107 cm³/mol. The van der Waals surface area contributed by atoms with Crippen LogP contribution in [-0.4, -0.2) is 28.4 Å². The molecule has 1 aliphatic rings. The lowest BCUT2D eigenvalue weighted by Gasteiger charge is -2.48. The fraction of sp³-hybridized carbons (Fsp3) is 0.238. The summed E-state index contributed by atoms with van der Waals surface area (Å²) in [5.41, 5.74) is 6.00. The van der Waals surface area contributed by atoms with Crippen molar-refractivity contribution in [1.29, 1.82) is 0 Å². The third-order valence-electron chi connectivity index (χ3n) is 5.17. The lowest BCUT2D eigenvalue weighted by atomic mass is 9.65. The molecule has 27 heavy (non-hydrogen) atoms. The number of piperidine rings is 1. The number of carbonyl (C=O) groups is 2. The number of carbonyl (C=O) groups excluding carboxylic acids is 2. The molecule has 0 spiro atoms. The smallest absolute Gasteiger partial charge is 0.230 e. The van der Waals surface area contributed by atoms with Crippen molar-refractivity contribution in [3.8, 4) is 5.75 Å². The van der Waals surface area contributed by atoms with E-state index in [2.05, 4.69) is 22.5 Å². The number of amides is 2. The summed E-state index contributed by atoms with van der Waals surface area (Å²) in [4.78, 5) is 27.2. The number of phenolic OH excluding ortho intramolecular Hbond substituents is 1. The number of phenols is 1. The van der Waals surface area contributed by atoms with Crippen molar-refractivity contribution < 1.29 is 14.7 Å². The van der Waals surface area contributed by atoms with Gasteiger partial charge in [-0.25, -0.2) is 0 Å². The van der Waals surface area contributed by atoms with E-state index in [1.165, 1.54) is 0 Å². The summed E-state index contributed by atoms with van der Waals surface area (Å²) in [7, 11) is 0. The van der Waals surface area contributed by atoms with E-state index < -0.39 is 17.4 Å². The molecule has 5 nitrogen and oxygen atoms in total. The summed E-state index contributed by atoms with van der Waals surface area (Å²) >= 11 is 3.42. The number of benzene rings is 2. The zero-order valence-electron chi connectivity index (χ0n) is 14.8. The average Bonchev–Trinajstić information content (AvgIpc) is 2.66. The topological polar surface area (TPSA) is 83.6 Å². The predicted octanol–water partition coefficient (Wildman–Crippen LogP) is 3.43. The van der Waals surface area contributed by atoms with Gasteiger partial charge in [-0.3, -0.25) is 9.59 Å². The van der Waals surface area contributed by atoms with E-state index in [-0.39, 0.29) is 31.0 Å². The van der Waals surface area contributed by atoms with E-state index in [9.17, 15) is 14.7 Å². The van der Waals surface area contributed by atoms with Crippen LogP contribution >= 0.6 is 15.9 Å². The van der Waals surface area contributed by atoms with Crippen LogP contribution in [0, 0.1) is 0 Å². The minimum atomic E-state index is -1.16. The number of rotatable bonds is 5. The summed E-state index contributed by atoms with van der Waals surface area (Å²) in [6.45, 7) is 3.99. The molecule has 0 aromatic heterocycles. The van der Waals surface area contributed by atoms with E-state index in [4.69, 9.17) is 5.73 Å². The third-order valence-corrected chi connectivity index (χ3v) is 5.66. The van der Waals surface area contributed by atoms with Crippen LogP contribution in [0.25, 0.3) is 0 Å². The zero-order valence-corrected chi connectivity index (χ0v) is 16.4. The fourth-order valence-electron chi connectivity index (χ4n) is 3.96. The molecule has 1 fully saturated rings. The largest absolute Gasteiger partial charge is 0.508 e. The Kier molecular flexibility index (Phi) is 5.37. The molecule has 1 saturated heterocycles. The van der Waals surface area contributed by atoms with Crippen LogP contribution < -0.4 is 5.73 Å². The lowest BCUT2D eigenvalue weighted by molar-refractivity contribution is -0.144. The summed E-state index contributed by atoms with van der Waals surface area (Å²) in [5, 5.41) is 10.6. The number of hydrogen-bond donors (Lipinski definition) is 2. The molecule has 2 atom stereocenters. The first-order valence-electron chi connectivity index (χ1n) is 8.66. The quantitative estimate of drug-likeness (QED) is 0.715. The van der Waals surface area contributed by atoms with Crippen LogP contribution in [0.15, 0.2) is 65.7 Å². The standard InChI is InChI=1S/C21H21BrN2O3/c1-2-12-24-18(26)10-11-21(20(23)27,14-6-4-3-5-7-14)19(24)16-13-15(22)8-9-17(16)25/h2-9,13,19,25H,1,10-12H2,(H2,23,27). The van der Waals surface area contributed by atoms with Crippen molar-refractivity contribution in [1.82, 2.24) is 4.90 Å². The average molecular weight is 429 g/mol. The van der Waals surface area contributed by atoms with E-state index in [0.717, 1.165) is 10.0 Å². The molecule has 1 heterocycles. The minimum Gasteiger partial charge on any atom is -0.508 e. The molecule has 3 N–H and O–H groups in total. The Bertz CT molecular complexity index is 884. The highest BCUT2D eigenvalue weighted by Gasteiger charge is 2.53. The zero-order chi connectivity index (χ0) is 19.6. The van der Waals surface area contributed by atoms with Crippen LogP contribution in [0.3, 0.4) is 0 Å². The summed E-state index contributed by atoms with van der Waals surface area (Å²) in [5.74, 6) is -0.625. The molecular weight excluding hydrogens is 408 g/mol. The Morgan fingerprint density at radius 3 is 2.67 bits per heavy atom. The maximum Gasteiger partial charge on any atom is 0.230 e. The molecule has 0 radical (unpaired) electrons. The van der Waals surface area contributed by atoms with Crippen molar-refractivity contribution >= 4 is 27.7 Å². The van der Waals surface area contributed by atoms with Crippen molar-refractivity contribution in [3.63, 3.8) is 0 Å². The molecule has 140 valence electrons. The second-order valence-electron chi connectivity index (χ2n) is 6.64. The van der Waals surface area contributed by atoms with Crippen molar-refractivity contribution in [2.45, 2.75) is 24.3 Å². The molecular formula is C21H21BrN2O3. The second-order valence-corrected chi connectivity index (χ2v) is 7.56. The van der Waals surface area contributed by atoms with Crippen LogP contribution in [-0.2, 0) is 15.0 Å². The van der Waals surface area contributed by atoms with Gasteiger partial charge in [-0.2, -0.15) is 0 Å². The number of halogens is 1. The first kappa shape index (κ1) is 19.2. The van der Waals surface area contributed by atoms with Gasteiger partial charge in [0, 0.05) is 23.0 Å². The van der Waals surface area contributed by atoms with Gasteiger partial charge in [0.15, 0.2) is 0 Å². The maximum absolute atomic E-state index is 12.9. The maximum atomic E-state index is 12.9. The highest BCUT2D eigenvalue weighted by molar-refractivity contribution is 9.10. The highest BCUT2D eigenvalue weighted by atomic mass is 79.9. The van der Waals surface area contributed by atoms with Gasteiger partial charge in [-0.05, 0) is 30.2 Å². The van der Waals surface area contributed by atoms with E-state index in [1.807, 2.05) is 30.3 Å². The Labute approximate surface area is 166 Å². The molecule has 2 aromatic carbocycles. The molecule has 3 rings (SSSR count).